The number of hydrazone groups is 1. The molecular weight excluding hydrogens is 434 g/mol. The lowest BCUT2D eigenvalue weighted by Gasteiger charge is -2.09. The van der Waals surface area contributed by atoms with Gasteiger partial charge in [-0.1, -0.05) is 35.0 Å². The third-order valence-corrected chi connectivity index (χ3v) is 4.57. The van der Waals surface area contributed by atoms with Crippen LogP contribution in [0.3, 0.4) is 0 Å². The van der Waals surface area contributed by atoms with Crippen LogP contribution in [0.4, 0.5) is 5.69 Å². The SMILES string of the molecule is CCCOc1ccc(Br)cc1C=NNC(=O)CCC(=O)Nc1cc(C)ccc1C. The van der Waals surface area contributed by atoms with Crippen LogP contribution in [0.2, 0.25) is 0 Å². The van der Waals surface area contributed by atoms with Crippen LogP contribution in [0.1, 0.15) is 42.9 Å². The van der Waals surface area contributed by atoms with Gasteiger partial charge in [0.05, 0.1) is 12.8 Å². The number of halogens is 1. The molecule has 0 unspecified atom stereocenters. The summed E-state index contributed by atoms with van der Waals surface area (Å²) in [6.07, 6.45) is 2.56. The van der Waals surface area contributed by atoms with E-state index in [1.807, 2.05) is 57.2 Å². The lowest BCUT2D eigenvalue weighted by Crippen LogP contribution is -2.21. The van der Waals surface area contributed by atoms with Crippen molar-refractivity contribution in [2.75, 3.05) is 11.9 Å². The van der Waals surface area contributed by atoms with Crippen molar-refractivity contribution in [3.63, 3.8) is 0 Å². The molecule has 6 nitrogen and oxygen atoms in total. The Balaban J connectivity index is 1.84. The maximum Gasteiger partial charge on any atom is 0.240 e. The molecule has 0 radical (unpaired) electrons. The molecule has 2 amide bonds. The molecule has 0 aliphatic heterocycles. The second kappa shape index (κ2) is 11.4. The van der Waals surface area contributed by atoms with Gasteiger partial charge in [0.2, 0.25) is 11.8 Å². The van der Waals surface area contributed by atoms with Gasteiger partial charge >= 0.3 is 0 Å². The number of aryl methyl sites for hydroxylation is 2. The van der Waals surface area contributed by atoms with Crippen molar-refractivity contribution < 1.29 is 14.3 Å². The van der Waals surface area contributed by atoms with E-state index < -0.39 is 0 Å². The Bertz CT molecular complexity index is 897. The van der Waals surface area contributed by atoms with Crippen LogP contribution < -0.4 is 15.5 Å². The summed E-state index contributed by atoms with van der Waals surface area (Å²) in [7, 11) is 0. The Labute approximate surface area is 179 Å². The molecule has 29 heavy (non-hydrogen) atoms. The van der Waals surface area contributed by atoms with Crippen LogP contribution in [0, 0.1) is 13.8 Å². The number of hydrogen-bond acceptors (Lipinski definition) is 4. The summed E-state index contributed by atoms with van der Waals surface area (Å²) in [5.41, 5.74) is 6.01. The fourth-order valence-electron chi connectivity index (χ4n) is 2.50. The van der Waals surface area contributed by atoms with E-state index in [4.69, 9.17) is 4.74 Å². The Morgan fingerprint density at radius 1 is 1.10 bits per heavy atom. The number of nitrogens with zero attached hydrogens (tertiary/aromatic N) is 1. The molecule has 2 aromatic rings. The van der Waals surface area contributed by atoms with Crippen LogP contribution in [0.5, 0.6) is 5.75 Å². The molecule has 0 bridgehead atoms. The Hall–Kier alpha value is -2.67. The van der Waals surface area contributed by atoms with E-state index in [2.05, 4.69) is 31.8 Å². The maximum absolute atomic E-state index is 12.1. The summed E-state index contributed by atoms with van der Waals surface area (Å²) in [5, 5.41) is 6.82. The normalized spacial score (nSPS) is 10.8. The van der Waals surface area contributed by atoms with E-state index >= 15 is 0 Å². The molecule has 0 atom stereocenters. The van der Waals surface area contributed by atoms with Gasteiger partial charge in [-0.2, -0.15) is 5.10 Å². The average molecular weight is 460 g/mol. The number of anilines is 1. The highest BCUT2D eigenvalue weighted by Crippen LogP contribution is 2.22. The van der Waals surface area contributed by atoms with Gasteiger partial charge in [0, 0.05) is 28.6 Å². The second-order valence-corrected chi connectivity index (χ2v) is 7.61. The van der Waals surface area contributed by atoms with Gasteiger partial charge in [0.25, 0.3) is 0 Å². The summed E-state index contributed by atoms with van der Waals surface area (Å²) in [6, 6.07) is 11.4. The molecule has 154 valence electrons. The smallest absolute Gasteiger partial charge is 0.240 e. The maximum atomic E-state index is 12.1. The number of carbonyl (C=O) groups is 2. The van der Waals surface area contributed by atoms with Crippen molar-refractivity contribution in [2.24, 2.45) is 5.10 Å². The molecule has 2 aromatic carbocycles. The zero-order valence-electron chi connectivity index (χ0n) is 16.9. The molecule has 2 rings (SSSR count). The Kier molecular flexibility index (Phi) is 8.86. The minimum Gasteiger partial charge on any atom is -0.493 e. The average Bonchev–Trinajstić information content (AvgIpc) is 2.68. The third-order valence-electron chi connectivity index (χ3n) is 4.07. The summed E-state index contributed by atoms with van der Waals surface area (Å²) >= 11 is 3.41. The molecule has 7 heteroatoms. The number of amides is 2. The van der Waals surface area contributed by atoms with E-state index in [1.165, 1.54) is 6.21 Å². The standard InChI is InChI=1S/C22H26BrN3O3/c1-4-11-29-20-8-7-18(23)13-17(20)14-24-26-22(28)10-9-21(27)25-19-12-15(2)5-6-16(19)3/h5-8,12-14H,4,9-11H2,1-3H3,(H,25,27)(H,26,28). The second-order valence-electron chi connectivity index (χ2n) is 6.69. The first-order valence-electron chi connectivity index (χ1n) is 9.50. The molecule has 0 aromatic heterocycles. The van der Waals surface area contributed by atoms with Gasteiger partial charge < -0.3 is 10.1 Å². The zero-order valence-corrected chi connectivity index (χ0v) is 18.5. The predicted molar refractivity (Wildman–Crippen MR) is 119 cm³/mol. The van der Waals surface area contributed by atoms with Crippen LogP contribution in [-0.4, -0.2) is 24.6 Å². The van der Waals surface area contributed by atoms with Gasteiger partial charge in [0.1, 0.15) is 5.75 Å². The lowest BCUT2D eigenvalue weighted by atomic mass is 10.1. The quantitative estimate of drug-likeness (QED) is 0.420. The van der Waals surface area contributed by atoms with Crippen LogP contribution in [0.25, 0.3) is 0 Å². The molecule has 0 heterocycles. The van der Waals surface area contributed by atoms with E-state index in [9.17, 15) is 9.59 Å². The minimum absolute atomic E-state index is 0.0473. The molecule has 0 fully saturated rings. The summed E-state index contributed by atoms with van der Waals surface area (Å²) in [5.74, 6) is 0.157. The molecular formula is C22H26BrN3O3. The van der Waals surface area contributed by atoms with E-state index in [-0.39, 0.29) is 24.7 Å². The number of ether oxygens (including phenoxy) is 1. The zero-order chi connectivity index (χ0) is 21.2. The molecule has 0 aliphatic rings. The molecule has 0 aliphatic carbocycles. The Morgan fingerprint density at radius 3 is 2.62 bits per heavy atom. The highest BCUT2D eigenvalue weighted by atomic mass is 79.9. The fourth-order valence-corrected chi connectivity index (χ4v) is 2.88. The highest BCUT2D eigenvalue weighted by molar-refractivity contribution is 9.10. The third kappa shape index (κ3) is 7.69. The molecule has 0 saturated carbocycles. The van der Waals surface area contributed by atoms with E-state index in [0.29, 0.717) is 12.4 Å². The van der Waals surface area contributed by atoms with Gasteiger partial charge in [-0.05, 0) is 55.7 Å². The van der Waals surface area contributed by atoms with Crippen LogP contribution in [0.15, 0.2) is 46.0 Å². The number of nitrogens with one attached hydrogen (secondary N) is 2. The Morgan fingerprint density at radius 2 is 1.86 bits per heavy atom. The van der Waals surface area contributed by atoms with Gasteiger partial charge in [0.15, 0.2) is 0 Å². The first-order valence-corrected chi connectivity index (χ1v) is 10.3. The number of benzene rings is 2. The number of hydrogen-bond donors (Lipinski definition) is 2. The van der Waals surface area contributed by atoms with E-state index in [1.54, 1.807) is 0 Å². The summed E-state index contributed by atoms with van der Waals surface area (Å²) in [6.45, 7) is 6.52. The van der Waals surface area contributed by atoms with Gasteiger partial charge in [-0.3, -0.25) is 9.59 Å². The molecule has 0 saturated heterocycles. The van der Waals surface area contributed by atoms with Crippen molar-refractivity contribution in [1.29, 1.82) is 0 Å². The monoisotopic (exact) mass is 459 g/mol. The first kappa shape index (κ1) is 22.6. The van der Waals surface area contributed by atoms with Crippen LogP contribution >= 0.6 is 15.9 Å². The van der Waals surface area contributed by atoms with Crippen molar-refractivity contribution in [3.8, 4) is 5.75 Å². The summed E-state index contributed by atoms with van der Waals surface area (Å²) in [4.78, 5) is 24.1. The minimum atomic E-state index is -0.330. The van der Waals surface area contributed by atoms with Gasteiger partial charge in [-0.15, -0.1) is 0 Å². The topological polar surface area (TPSA) is 79.8 Å². The first-order chi connectivity index (χ1) is 13.9. The number of rotatable bonds is 9. The number of carbonyl (C=O) groups excluding carboxylic acids is 2. The van der Waals surface area contributed by atoms with Crippen LogP contribution in [-0.2, 0) is 9.59 Å². The predicted octanol–water partition coefficient (Wildman–Crippen LogP) is 4.72. The highest BCUT2D eigenvalue weighted by Gasteiger charge is 2.09. The molecule has 2 N–H and O–H groups in total. The summed E-state index contributed by atoms with van der Waals surface area (Å²) < 4.78 is 6.56. The molecule has 0 spiro atoms. The fraction of sp³-hybridized carbons (Fsp3) is 0.318. The van der Waals surface area contributed by atoms with Crippen molar-refractivity contribution in [1.82, 2.24) is 5.43 Å². The van der Waals surface area contributed by atoms with Crippen molar-refractivity contribution in [2.45, 2.75) is 40.0 Å². The largest absolute Gasteiger partial charge is 0.493 e. The lowest BCUT2D eigenvalue weighted by molar-refractivity contribution is -0.124. The van der Waals surface area contributed by atoms with Gasteiger partial charge in [-0.25, -0.2) is 5.43 Å². The van der Waals surface area contributed by atoms with Crippen molar-refractivity contribution in [3.05, 3.63) is 57.6 Å². The van der Waals surface area contributed by atoms with E-state index in [0.717, 1.165) is 33.3 Å². The van der Waals surface area contributed by atoms with Crippen molar-refractivity contribution >= 4 is 39.6 Å².